The van der Waals surface area contributed by atoms with Gasteiger partial charge >= 0.3 is 0 Å². The van der Waals surface area contributed by atoms with Gasteiger partial charge in [0.2, 0.25) is 0 Å². The number of rotatable bonds is 5. The highest BCUT2D eigenvalue weighted by molar-refractivity contribution is 5.00. The van der Waals surface area contributed by atoms with Gasteiger partial charge in [-0.2, -0.15) is 0 Å². The van der Waals surface area contributed by atoms with Crippen molar-refractivity contribution < 1.29 is 0 Å². The molecule has 2 rings (SSSR count). The number of aryl methyl sites for hydroxylation is 1. The zero-order valence-corrected chi connectivity index (χ0v) is 8.66. The normalized spacial score (nSPS) is 15.8. The average molecular weight is 191 g/mol. The summed E-state index contributed by atoms with van der Waals surface area (Å²) in [5, 5.41) is 3.41. The fraction of sp³-hybridized carbons (Fsp3) is 0.636. The molecule has 1 fully saturated rings. The molecule has 1 heterocycles. The molecule has 1 aliphatic carbocycles. The number of aromatic nitrogens is 2. The SMILES string of the molecule is Cc1nccc(CNCCC2CC2)n1. The molecule has 0 spiro atoms. The molecule has 0 bridgehead atoms. The summed E-state index contributed by atoms with van der Waals surface area (Å²) in [4.78, 5) is 8.40. The lowest BCUT2D eigenvalue weighted by Crippen LogP contribution is -2.16. The van der Waals surface area contributed by atoms with Crippen LogP contribution in [0.2, 0.25) is 0 Å². The van der Waals surface area contributed by atoms with Crippen LogP contribution < -0.4 is 5.32 Å². The van der Waals surface area contributed by atoms with E-state index in [-0.39, 0.29) is 0 Å². The zero-order chi connectivity index (χ0) is 9.80. The molecule has 1 aliphatic rings. The third-order valence-corrected chi connectivity index (χ3v) is 2.57. The first-order chi connectivity index (χ1) is 6.84. The van der Waals surface area contributed by atoms with Gasteiger partial charge in [-0.05, 0) is 31.9 Å². The highest BCUT2D eigenvalue weighted by atomic mass is 14.9. The molecule has 0 radical (unpaired) electrons. The highest BCUT2D eigenvalue weighted by Crippen LogP contribution is 2.31. The number of nitrogens with zero attached hydrogens (tertiary/aromatic N) is 2. The molecular formula is C11H17N3. The average Bonchev–Trinajstić information content (AvgIpc) is 2.96. The van der Waals surface area contributed by atoms with E-state index in [0.717, 1.165) is 30.5 Å². The standard InChI is InChI=1S/C11H17N3/c1-9-13-7-5-11(14-9)8-12-6-4-10-2-3-10/h5,7,10,12H,2-4,6,8H2,1H3. The van der Waals surface area contributed by atoms with Crippen molar-refractivity contribution in [2.75, 3.05) is 6.54 Å². The largest absolute Gasteiger partial charge is 0.311 e. The van der Waals surface area contributed by atoms with Crippen molar-refractivity contribution >= 4 is 0 Å². The van der Waals surface area contributed by atoms with Crippen LogP contribution in [0.1, 0.15) is 30.8 Å². The molecule has 0 saturated heterocycles. The Morgan fingerprint density at radius 3 is 3.07 bits per heavy atom. The van der Waals surface area contributed by atoms with Crippen LogP contribution in [0, 0.1) is 12.8 Å². The maximum atomic E-state index is 4.33. The first-order valence-corrected chi connectivity index (χ1v) is 5.34. The van der Waals surface area contributed by atoms with E-state index >= 15 is 0 Å². The molecule has 0 unspecified atom stereocenters. The van der Waals surface area contributed by atoms with Crippen molar-refractivity contribution in [3.8, 4) is 0 Å². The Bertz CT molecular complexity index is 294. The van der Waals surface area contributed by atoms with Gasteiger partial charge in [0.15, 0.2) is 0 Å². The number of nitrogens with one attached hydrogen (secondary N) is 1. The van der Waals surface area contributed by atoms with Gasteiger partial charge in [-0.15, -0.1) is 0 Å². The smallest absolute Gasteiger partial charge is 0.125 e. The number of hydrogen-bond acceptors (Lipinski definition) is 3. The predicted molar refractivity (Wildman–Crippen MR) is 55.8 cm³/mol. The minimum atomic E-state index is 0.853. The second-order valence-electron chi connectivity index (χ2n) is 4.00. The lowest BCUT2D eigenvalue weighted by atomic mass is 10.3. The first-order valence-electron chi connectivity index (χ1n) is 5.34. The quantitative estimate of drug-likeness (QED) is 0.719. The fourth-order valence-corrected chi connectivity index (χ4v) is 1.53. The predicted octanol–water partition coefficient (Wildman–Crippen LogP) is 1.67. The summed E-state index contributed by atoms with van der Waals surface area (Å²) in [6.45, 7) is 3.91. The summed E-state index contributed by atoms with van der Waals surface area (Å²) in [5.41, 5.74) is 1.09. The molecule has 0 aliphatic heterocycles. The minimum Gasteiger partial charge on any atom is -0.311 e. The van der Waals surface area contributed by atoms with Crippen LogP contribution in [0.5, 0.6) is 0 Å². The molecule has 0 aromatic carbocycles. The Balaban J connectivity index is 1.68. The fourth-order valence-electron chi connectivity index (χ4n) is 1.53. The van der Waals surface area contributed by atoms with Crippen LogP contribution in [0.4, 0.5) is 0 Å². The molecule has 0 atom stereocenters. The van der Waals surface area contributed by atoms with Crippen molar-refractivity contribution in [3.05, 3.63) is 23.8 Å². The summed E-state index contributed by atoms with van der Waals surface area (Å²) in [7, 11) is 0. The van der Waals surface area contributed by atoms with Crippen molar-refractivity contribution in [1.29, 1.82) is 0 Å². The summed E-state index contributed by atoms with van der Waals surface area (Å²) >= 11 is 0. The summed E-state index contributed by atoms with van der Waals surface area (Å²) < 4.78 is 0. The van der Waals surface area contributed by atoms with Gasteiger partial charge in [0, 0.05) is 12.7 Å². The van der Waals surface area contributed by atoms with Gasteiger partial charge in [0.25, 0.3) is 0 Å². The van der Waals surface area contributed by atoms with E-state index in [0.29, 0.717) is 0 Å². The molecule has 76 valence electrons. The Hall–Kier alpha value is -0.960. The molecule has 14 heavy (non-hydrogen) atoms. The summed E-state index contributed by atoms with van der Waals surface area (Å²) in [5.74, 6) is 1.86. The maximum absolute atomic E-state index is 4.33. The van der Waals surface area contributed by atoms with E-state index in [9.17, 15) is 0 Å². The lowest BCUT2D eigenvalue weighted by molar-refractivity contribution is 0.605. The van der Waals surface area contributed by atoms with Crippen molar-refractivity contribution in [1.82, 2.24) is 15.3 Å². The van der Waals surface area contributed by atoms with Gasteiger partial charge in [0.05, 0.1) is 5.69 Å². The van der Waals surface area contributed by atoms with E-state index in [4.69, 9.17) is 0 Å². The van der Waals surface area contributed by atoms with Crippen LogP contribution in [0.15, 0.2) is 12.3 Å². The van der Waals surface area contributed by atoms with E-state index < -0.39 is 0 Å². The van der Waals surface area contributed by atoms with Crippen molar-refractivity contribution in [2.24, 2.45) is 5.92 Å². The molecule has 1 aromatic rings. The van der Waals surface area contributed by atoms with E-state index in [1.165, 1.54) is 19.3 Å². The van der Waals surface area contributed by atoms with Gasteiger partial charge in [0.1, 0.15) is 5.82 Å². The van der Waals surface area contributed by atoms with Gasteiger partial charge < -0.3 is 5.32 Å². The Morgan fingerprint density at radius 2 is 2.36 bits per heavy atom. The van der Waals surface area contributed by atoms with Crippen LogP contribution in [0.25, 0.3) is 0 Å². The van der Waals surface area contributed by atoms with Crippen LogP contribution in [-0.2, 0) is 6.54 Å². The summed E-state index contributed by atoms with van der Waals surface area (Å²) in [6.07, 6.45) is 6.02. The molecule has 3 heteroatoms. The van der Waals surface area contributed by atoms with Crippen LogP contribution in [-0.4, -0.2) is 16.5 Å². The Kier molecular flexibility index (Phi) is 3.09. The zero-order valence-electron chi connectivity index (χ0n) is 8.66. The number of hydrogen-bond donors (Lipinski definition) is 1. The molecule has 1 aromatic heterocycles. The molecule has 0 amide bonds. The lowest BCUT2D eigenvalue weighted by Gasteiger charge is -2.03. The third-order valence-electron chi connectivity index (χ3n) is 2.57. The van der Waals surface area contributed by atoms with Gasteiger partial charge in [-0.3, -0.25) is 0 Å². The molecule has 1 N–H and O–H groups in total. The topological polar surface area (TPSA) is 37.8 Å². The molecule has 1 saturated carbocycles. The van der Waals surface area contributed by atoms with Gasteiger partial charge in [-0.25, -0.2) is 9.97 Å². The Morgan fingerprint density at radius 1 is 1.50 bits per heavy atom. The second-order valence-corrected chi connectivity index (χ2v) is 4.00. The monoisotopic (exact) mass is 191 g/mol. The maximum Gasteiger partial charge on any atom is 0.125 e. The van der Waals surface area contributed by atoms with E-state index in [1.807, 2.05) is 19.2 Å². The first kappa shape index (κ1) is 9.59. The highest BCUT2D eigenvalue weighted by Gasteiger charge is 2.19. The molecule has 3 nitrogen and oxygen atoms in total. The van der Waals surface area contributed by atoms with Crippen molar-refractivity contribution in [2.45, 2.75) is 32.7 Å². The van der Waals surface area contributed by atoms with Gasteiger partial charge in [-0.1, -0.05) is 12.8 Å². The van der Waals surface area contributed by atoms with E-state index in [1.54, 1.807) is 0 Å². The summed E-state index contributed by atoms with van der Waals surface area (Å²) in [6, 6.07) is 1.97. The van der Waals surface area contributed by atoms with Crippen LogP contribution in [0.3, 0.4) is 0 Å². The van der Waals surface area contributed by atoms with Crippen molar-refractivity contribution in [3.63, 3.8) is 0 Å². The second kappa shape index (κ2) is 4.51. The van der Waals surface area contributed by atoms with Crippen LogP contribution >= 0.6 is 0 Å². The molecular weight excluding hydrogens is 174 g/mol. The Labute approximate surface area is 85.0 Å². The third kappa shape index (κ3) is 3.07. The minimum absolute atomic E-state index is 0.853. The van der Waals surface area contributed by atoms with E-state index in [2.05, 4.69) is 15.3 Å².